The van der Waals surface area contributed by atoms with Crippen molar-refractivity contribution in [3.63, 3.8) is 0 Å². The van der Waals surface area contributed by atoms with Crippen molar-refractivity contribution in [3.05, 3.63) is 0 Å². The number of piperazine rings is 1. The van der Waals surface area contributed by atoms with Crippen LogP contribution in [0.4, 0.5) is 5.82 Å². The predicted octanol–water partition coefficient (Wildman–Crippen LogP) is 0.808. The van der Waals surface area contributed by atoms with Gasteiger partial charge in [0.2, 0.25) is 0 Å². The molecule has 1 aliphatic rings. The minimum absolute atomic E-state index is 0.673. The lowest BCUT2D eigenvalue weighted by molar-refractivity contribution is 0.311. The van der Waals surface area contributed by atoms with Crippen molar-refractivity contribution in [2.75, 3.05) is 43.9 Å². The largest absolute Gasteiger partial charge is 0.351 e. The zero-order valence-corrected chi connectivity index (χ0v) is 11.9. The van der Waals surface area contributed by atoms with E-state index in [1.165, 1.54) is 11.7 Å². The lowest BCUT2D eigenvalue weighted by atomic mass is 10.3. The van der Waals surface area contributed by atoms with Crippen LogP contribution in [-0.2, 0) is 10.8 Å². The smallest absolute Gasteiger partial charge is 0.185 e. The quantitative estimate of drug-likeness (QED) is 0.813. The summed E-state index contributed by atoms with van der Waals surface area (Å²) < 4.78 is 20.5. The second kappa shape index (κ2) is 5.88. The van der Waals surface area contributed by atoms with Gasteiger partial charge in [-0.3, -0.25) is 4.21 Å². The van der Waals surface area contributed by atoms with Crippen molar-refractivity contribution in [2.45, 2.75) is 18.4 Å². The van der Waals surface area contributed by atoms with E-state index in [1.54, 1.807) is 0 Å². The maximum Gasteiger partial charge on any atom is 0.185 e. The summed E-state index contributed by atoms with van der Waals surface area (Å²) in [5.41, 5.74) is 0. The number of hydrogen-bond acceptors (Lipinski definition) is 6. The Morgan fingerprint density at radius 1 is 1.29 bits per heavy atom. The third kappa shape index (κ3) is 3.02. The van der Waals surface area contributed by atoms with Crippen LogP contribution in [0.15, 0.2) is 5.03 Å². The fraction of sp³-hybridized carbons (Fsp3) is 0.800. The second-order valence-corrected chi connectivity index (χ2v) is 6.25. The molecule has 1 aromatic heterocycles. The zero-order valence-electron chi connectivity index (χ0n) is 10.3. The van der Waals surface area contributed by atoms with Gasteiger partial charge in [0.1, 0.15) is 0 Å². The van der Waals surface area contributed by atoms with Crippen molar-refractivity contribution in [1.82, 2.24) is 13.6 Å². The maximum absolute atomic E-state index is 12.0. The molecule has 1 aliphatic heterocycles. The Labute approximate surface area is 109 Å². The van der Waals surface area contributed by atoms with Crippen molar-refractivity contribution in [1.29, 1.82) is 0 Å². The maximum atomic E-state index is 12.0. The highest BCUT2D eigenvalue weighted by atomic mass is 32.2. The average molecular weight is 274 g/mol. The van der Waals surface area contributed by atoms with Gasteiger partial charge in [-0.2, -0.15) is 8.75 Å². The third-order valence-corrected chi connectivity index (χ3v) is 4.97. The molecule has 1 aromatic rings. The van der Waals surface area contributed by atoms with Gasteiger partial charge < -0.3 is 9.80 Å². The van der Waals surface area contributed by atoms with Crippen LogP contribution in [0.3, 0.4) is 0 Å². The molecule has 0 amide bonds. The molecule has 2 rings (SSSR count). The van der Waals surface area contributed by atoms with Gasteiger partial charge in [0, 0.05) is 31.9 Å². The average Bonchev–Trinajstić information content (AvgIpc) is 2.79. The molecular weight excluding hydrogens is 256 g/mol. The van der Waals surface area contributed by atoms with Crippen molar-refractivity contribution < 1.29 is 4.21 Å². The third-order valence-electron chi connectivity index (χ3n) is 2.85. The first-order valence-electron chi connectivity index (χ1n) is 5.86. The molecule has 0 radical (unpaired) electrons. The molecule has 1 unspecified atom stereocenters. The summed E-state index contributed by atoms with van der Waals surface area (Å²) in [6.45, 7) is 5.97. The summed E-state index contributed by atoms with van der Waals surface area (Å²) in [5, 5.41) is 0.682. The normalized spacial score (nSPS) is 19.5. The Kier molecular flexibility index (Phi) is 4.47. The molecule has 2 heterocycles. The Morgan fingerprint density at radius 2 is 2.00 bits per heavy atom. The van der Waals surface area contributed by atoms with Gasteiger partial charge in [0.25, 0.3) is 0 Å². The van der Waals surface area contributed by atoms with Gasteiger partial charge >= 0.3 is 0 Å². The molecule has 0 spiro atoms. The Hall–Kier alpha value is -0.530. The Balaban J connectivity index is 2.10. The topological polar surface area (TPSA) is 49.3 Å². The van der Waals surface area contributed by atoms with Crippen molar-refractivity contribution in [3.8, 4) is 0 Å². The molecule has 5 nitrogen and oxygen atoms in total. The van der Waals surface area contributed by atoms with E-state index >= 15 is 0 Å². The van der Waals surface area contributed by atoms with Crippen LogP contribution in [0, 0.1) is 0 Å². The van der Waals surface area contributed by atoms with E-state index in [-0.39, 0.29) is 0 Å². The minimum Gasteiger partial charge on any atom is -0.351 e. The van der Waals surface area contributed by atoms with Crippen LogP contribution in [0.25, 0.3) is 0 Å². The van der Waals surface area contributed by atoms with Crippen LogP contribution in [0.2, 0.25) is 0 Å². The zero-order chi connectivity index (χ0) is 12.3. The number of nitrogens with zero attached hydrogens (tertiary/aromatic N) is 4. The molecular formula is C10H18N4OS2. The van der Waals surface area contributed by atoms with Gasteiger partial charge in [-0.05, 0) is 13.5 Å². The molecule has 1 fully saturated rings. The molecule has 17 heavy (non-hydrogen) atoms. The SMILES string of the molecule is CCCS(=O)c1nsnc1N1CCN(C)CC1. The number of aromatic nitrogens is 2. The van der Waals surface area contributed by atoms with Crippen LogP contribution >= 0.6 is 11.7 Å². The van der Waals surface area contributed by atoms with Gasteiger partial charge in [0.05, 0.1) is 22.5 Å². The van der Waals surface area contributed by atoms with E-state index in [2.05, 4.69) is 25.6 Å². The molecule has 7 heteroatoms. The van der Waals surface area contributed by atoms with Gasteiger partial charge in [-0.25, -0.2) is 0 Å². The highest BCUT2D eigenvalue weighted by molar-refractivity contribution is 7.85. The molecule has 1 saturated heterocycles. The molecule has 0 bridgehead atoms. The highest BCUT2D eigenvalue weighted by Gasteiger charge is 2.22. The molecule has 1 atom stereocenters. The number of rotatable bonds is 4. The highest BCUT2D eigenvalue weighted by Crippen LogP contribution is 2.22. The lowest BCUT2D eigenvalue weighted by Crippen LogP contribution is -2.45. The van der Waals surface area contributed by atoms with Crippen molar-refractivity contribution in [2.24, 2.45) is 0 Å². The first-order valence-corrected chi connectivity index (χ1v) is 7.91. The molecule has 0 N–H and O–H groups in total. The van der Waals surface area contributed by atoms with Crippen LogP contribution in [0.1, 0.15) is 13.3 Å². The molecule has 0 saturated carbocycles. The summed E-state index contributed by atoms with van der Waals surface area (Å²) in [4.78, 5) is 4.49. The van der Waals surface area contributed by atoms with E-state index in [0.717, 1.165) is 38.4 Å². The molecule has 96 valence electrons. The first kappa shape index (κ1) is 12.9. The van der Waals surface area contributed by atoms with Gasteiger partial charge in [-0.15, -0.1) is 0 Å². The summed E-state index contributed by atoms with van der Waals surface area (Å²) in [6, 6.07) is 0. The fourth-order valence-electron chi connectivity index (χ4n) is 1.81. The molecule has 0 aromatic carbocycles. The lowest BCUT2D eigenvalue weighted by Gasteiger charge is -2.32. The van der Waals surface area contributed by atoms with Gasteiger partial charge in [-0.1, -0.05) is 6.92 Å². The van der Waals surface area contributed by atoms with Gasteiger partial charge in [0.15, 0.2) is 10.8 Å². The first-order chi connectivity index (χ1) is 8.22. The monoisotopic (exact) mass is 274 g/mol. The van der Waals surface area contributed by atoms with E-state index in [1.807, 2.05) is 6.92 Å². The summed E-state index contributed by atoms with van der Waals surface area (Å²) >= 11 is 1.17. The summed E-state index contributed by atoms with van der Waals surface area (Å²) in [7, 11) is 1.13. The Bertz CT molecular complexity index is 387. The van der Waals surface area contributed by atoms with Crippen LogP contribution in [-0.4, -0.2) is 56.8 Å². The fourth-order valence-corrected chi connectivity index (χ4v) is 3.72. The van der Waals surface area contributed by atoms with Crippen LogP contribution in [0.5, 0.6) is 0 Å². The van der Waals surface area contributed by atoms with Crippen LogP contribution < -0.4 is 4.90 Å². The number of anilines is 1. The minimum atomic E-state index is -0.993. The number of hydrogen-bond donors (Lipinski definition) is 0. The summed E-state index contributed by atoms with van der Waals surface area (Å²) in [5.74, 6) is 1.52. The summed E-state index contributed by atoms with van der Waals surface area (Å²) in [6.07, 6.45) is 0.909. The predicted molar refractivity (Wildman–Crippen MR) is 71.2 cm³/mol. The van der Waals surface area contributed by atoms with E-state index < -0.39 is 10.8 Å². The van der Waals surface area contributed by atoms with E-state index in [4.69, 9.17) is 0 Å². The Morgan fingerprint density at radius 3 is 2.65 bits per heavy atom. The molecule has 0 aliphatic carbocycles. The van der Waals surface area contributed by atoms with Crippen molar-refractivity contribution >= 4 is 28.3 Å². The number of likely N-dealkylation sites (N-methyl/N-ethyl adjacent to an activating group) is 1. The van der Waals surface area contributed by atoms with E-state index in [0.29, 0.717) is 10.8 Å². The second-order valence-electron chi connectivity index (χ2n) is 4.23. The van der Waals surface area contributed by atoms with E-state index in [9.17, 15) is 4.21 Å². The standard InChI is InChI=1S/C10H18N4OS2/c1-3-8-17(15)10-9(11-16-12-10)14-6-4-13(2)5-7-14/h3-8H2,1-2H3.